The number of hydrogen-bond acceptors (Lipinski definition) is 3. The number of piperidine rings is 1. The number of H-pyrrole nitrogens is 1. The molecule has 2 unspecified atom stereocenters. The van der Waals surface area contributed by atoms with E-state index in [2.05, 4.69) is 63.5 Å². The molecule has 3 aromatic rings. The minimum atomic E-state index is 0.470. The summed E-state index contributed by atoms with van der Waals surface area (Å²) >= 11 is 0. The van der Waals surface area contributed by atoms with Crippen molar-refractivity contribution in [3.8, 4) is 0 Å². The highest BCUT2D eigenvalue weighted by atomic mass is 15.2. The zero-order chi connectivity index (χ0) is 16.4. The lowest BCUT2D eigenvalue weighted by atomic mass is 9.93. The average Bonchev–Trinajstić information content (AvgIpc) is 3.01. The Balaban J connectivity index is 1.38. The molecule has 24 heavy (non-hydrogen) atoms. The molecule has 0 radical (unpaired) electrons. The van der Waals surface area contributed by atoms with Gasteiger partial charge in [0.15, 0.2) is 0 Å². The second kappa shape index (κ2) is 6.65. The van der Waals surface area contributed by atoms with Crippen LogP contribution in [0.3, 0.4) is 0 Å². The van der Waals surface area contributed by atoms with Gasteiger partial charge < -0.3 is 10.3 Å². The summed E-state index contributed by atoms with van der Waals surface area (Å²) in [5.41, 5.74) is 3.51. The molecule has 0 bridgehead atoms. The van der Waals surface area contributed by atoms with Crippen LogP contribution in [0.4, 0.5) is 5.95 Å². The van der Waals surface area contributed by atoms with Crippen LogP contribution in [0.1, 0.15) is 18.9 Å². The van der Waals surface area contributed by atoms with Gasteiger partial charge in [0, 0.05) is 25.7 Å². The van der Waals surface area contributed by atoms with Gasteiger partial charge in [0.1, 0.15) is 0 Å². The first-order chi connectivity index (χ1) is 11.8. The van der Waals surface area contributed by atoms with Crippen molar-refractivity contribution in [1.29, 1.82) is 0 Å². The van der Waals surface area contributed by atoms with Crippen LogP contribution >= 0.6 is 0 Å². The molecule has 0 amide bonds. The van der Waals surface area contributed by atoms with Crippen molar-refractivity contribution in [2.45, 2.75) is 25.9 Å². The summed E-state index contributed by atoms with van der Waals surface area (Å²) in [5, 5.41) is 3.61. The van der Waals surface area contributed by atoms with Crippen LogP contribution in [0.5, 0.6) is 0 Å². The zero-order valence-electron chi connectivity index (χ0n) is 14.1. The van der Waals surface area contributed by atoms with E-state index in [0.717, 1.165) is 43.0 Å². The molecule has 0 saturated carbocycles. The second-order valence-electron chi connectivity index (χ2n) is 6.84. The Kier molecular flexibility index (Phi) is 4.22. The molecule has 4 nitrogen and oxygen atoms in total. The maximum atomic E-state index is 4.65. The van der Waals surface area contributed by atoms with Gasteiger partial charge in [-0.1, -0.05) is 49.4 Å². The SMILES string of the molecule is CC1CN(Cc2ccccc2)CCC1Nc1nc2ccccc2[nH]1. The van der Waals surface area contributed by atoms with Gasteiger partial charge in [0.25, 0.3) is 0 Å². The zero-order valence-corrected chi connectivity index (χ0v) is 14.1. The van der Waals surface area contributed by atoms with E-state index < -0.39 is 0 Å². The number of aromatic amines is 1. The van der Waals surface area contributed by atoms with E-state index in [9.17, 15) is 0 Å². The van der Waals surface area contributed by atoms with Gasteiger partial charge in [-0.15, -0.1) is 0 Å². The van der Waals surface area contributed by atoms with Crippen LogP contribution in [0.15, 0.2) is 54.6 Å². The molecule has 0 spiro atoms. The van der Waals surface area contributed by atoms with E-state index in [1.165, 1.54) is 5.56 Å². The summed E-state index contributed by atoms with van der Waals surface area (Å²) in [6.45, 7) is 5.62. The van der Waals surface area contributed by atoms with Crippen molar-refractivity contribution in [3.63, 3.8) is 0 Å². The highest BCUT2D eigenvalue weighted by molar-refractivity contribution is 5.77. The first kappa shape index (κ1) is 15.2. The monoisotopic (exact) mass is 320 g/mol. The predicted molar refractivity (Wildman–Crippen MR) is 99.0 cm³/mol. The van der Waals surface area contributed by atoms with Crippen molar-refractivity contribution in [3.05, 3.63) is 60.2 Å². The number of imidazole rings is 1. The van der Waals surface area contributed by atoms with Gasteiger partial charge >= 0.3 is 0 Å². The van der Waals surface area contributed by atoms with Gasteiger partial charge in [-0.3, -0.25) is 4.90 Å². The van der Waals surface area contributed by atoms with Gasteiger partial charge in [-0.25, -0.2) is 4.98 Å². The fourth-order valence-corrected chi connectivity index (χ4v) is 3.63. The first-order valence-corrected chi connectivity index (χ1v) is 8.75. The lowest BCUT2D eigenvalue weighted by Crippen LogP contribution is -2.44. The number of nitrogens with zero attached hydrogens (tertiary/aromatic N) is 2. The lowest BCUT2D eigenvalue weighted by Gasteiger charge is -2.37. The first-order valence-electron chi connectivity index (χ1n) is 8.75. The predicted octanol–water partition coefficient (Wildman–Crippen LogP) is 3.89. The van der Waals surface area contributed by atoms with Crippen molar-refractivity contribution < 1.29 is 0 Å². The Hall–Kier alpha value is -2.33. The Morgan fingerprint density at radius 1 is 1.12 bits per heavy atom. The third-order valence-corrected chi connectivity index (χ3v) is 4.95. The Bertz CT molecular complexity index is 763. The third kappa shape index (κ3) is 3.29. The molecule has 1 aliphatic heterocycles. The van der Waals surface area contributed by atoms with Crippen LogP contribution in [0, 0.1) is 5.92 Å². The van der Waals surface area contributed by atoms with E-state index >= 15 is 0 Å². The fourth-order valence-electron chi connectivity index (χ4n) is 3.63. The number of nitrogens with one attached hydrogen (secondary N) is 2. The van der Waals surface area contributed by atoms with E-state index in [1.54, 1.807) is 0 Å². The molecule has 1 fully saturated rings. The number of anilines is 1. The molecule has 1 aromatic heterocycles. The number of hydrogen-bond donors (Lipinski definition) is 2. The van der Waals surface area contributed by atoms with Crippen molar-refractivity contribution >= 4 is 17.0 Å². The Morgan fingerprint density at radius 3 is 2.71 bits per heavy atom. The third-order valence-electron chi connectivity index (χ3n) is 4.95. The Morgan fingerprint density at radius 2 is 1.92 bits per heavy atom. The van der Waals surface area contributed by atoms with E-state index in [0.29, 0.717) is 12.0 Å². The number of aromatic nitrogens is 2. The summed E-state index contributed by atoms with van der Waals surface area (Å²) in [7, 11) is 0. The van der Waals surface area contributed by atoms with Crippen LogP contribution < -0.4 is 5.32 Å². The molecule has 124 valence electrons. The van der Waals surface area contributed by atoms with Crippen LogP contribution in [0.25, 0.3) is 11.0 Å². The van der Waals surface area contributed by atoms with Gasteiger partial charge in [-0.2, -0.15) is 0 Å². The molecule has 2 aromatic carbocycles. The smallest absolute Gasteiger partial charge is 0.201 e. The number of fused-ring (bicyclic) bond motifs is 1. The molecule has 1 saturated heterocycles. The second-order valence-corrected chi connectivity index (χ2v) is 6.84. The molecule has 2 N–H and O–H groups in total. The van der Waals surface area contributed by atoms with Crippen LogP contribution in [-0.4, -0.2) is 34.0 Å². The topological polar surface area (TPSA) is 44.0 Å². The summed E-state index contributed by atoms with van der Waals surface area (Å²) in [5.74, 6) is 1.49. The fraction of sp³-hybridized carbons (Fsp3) is 0.350. The number of likely N-dealkylation sites (tertiary alicyclic amines) is 1. The molecular formula is C20H24N4. The van der Waals surface area contributed by atoms with Crippen molar-refractivity contribution in [2.75, 3.05) is 18.4 Å². The summed E-state index contributed by atoms with van der Waals surface area (Å²) < 4.78 is 0. The maximum Gasteiger partial charge on any atom is 0.201 e. The number of rotatable bonds is 4. The van der Waals surface area contributed by atoms with Crippen LogP contribution in [-0.2, 0) is 6.54 Å². The molecule has 2 heterocycles. The van der Waals surface area contributed by atoms with Gasteiger partial charge in [0.2, 0.25) is 5.95 Å². The van der Waals surface area contributed by atoms with Gasteiger partial charge in [-0.05, 0) is 30.0 Å². The Labute approximate surface area is 142 Å². The highest BCUT2D eigenvalue weighted by Crippen LogP contribution is 2.23. The average molecular weight is 320 g/mol. The lowest BCUT2D eigenvalue weighted by molar-refractivity contribution is 0.164. The summed E-state index contributed by atoms with van der Waals surface area (Å²) in [6.07, 6.45) is 1.14. The van der Waals surface area contributed by atoms with Gasteiger partial charge in [0.05, 0.1) is 11.0 Å². The molecule has 4 heteroatoms. The van der Waals surface area contributed by atoms with E-state index in [1.807, 2.05) is 18.2 Å². The van der Waals surface area contributed by atoms with E-state index in [-0.39, 0.29) is 0 Å². The van der Waals surface area contributed by atoms with Crippen LogP contribution in [0.2, 0.25) is 0 Å². The quantitative estimate of drug-likeness (QED) is 0.766. The number of para-hydroxylation sites is 2. The number of benzene rings is 2. The molecule has 0 aliphatic carbocycles. The molecule has 4 rings (SSSR count). The minimum Gasteiger partial charge on any atom is -0.353 e. The minimum absolute atomic E-state index is 0.470. The van der Waals surface area contributed by atoms with Crippen molar-refractivity contribution in [1.82, 2.24) is 14.9 Å². The summed E-state index contributed by atoms with van der Waals surface area (Å²) in [6, 6.07) is 19.4. The standard InChI is InChI=1S/C20H24N4/c1-15-13-24(14-16-7-3-2-4-8-16)12-11-17(15)21-20-22-18-9-5-6-10-19(18)23-20/h2-10,15,17H,11-14H2,1H3,(H2,21,22,23). The molecule has 2 atom stereocenters. The van der Waals surface area contributed by atoms with Crippen molar-refractivity contribution in [2.24, 2.45) is 5.92 Å². The normalized spacial score (nSPS) is 21.9. The maximum absolute atomic E-state index is 4.65. The largest absolute Gasteiger partial charge is 0.353 e. The molecular weight excluding hydrogens is 296 g/mol. The highest BCUT2D eigenvalue weighted by Gasteiger charge is 2.26. The summed E-state index contributed by atoms with van der Waals surface area (Å²) in [4.78, 5) is 10.6. The molecule has 1 aliphatic rings. The van der Waals surface area contributed by atoms with E-state index in [4.69, 9.17) is 0 Å².